The molecule has 0 radical (unpaired) electrons. The van der Waals surface area contributed by atoms with E-state index in [1.807, 2.05) is 0 Å². The second-order valence-electron chi connectivity index (χ2n) is 6.98. The highest BCUT2D eigenvalue weighted by atomic mass is 35.5. The molecule has 0 aliphatic carbocycles. The Morgan fingerprint density at radius 1 is 1.21 bits per heavy atom. The minimum atomic E-state index is -4.88. The van der Waals surface area contributed by atoms with E-state index in [1.54, 1.807) is 6.07 Å². The Bertz CT molecular complexity index is 1410. The van der Waals surface area contributed by atoms with E-state index in [4.69, 9.17) is 33.2 Å². The number of aromatic amines is 1. The summed E-state index contributed by atoms with van der Waals surface area (Å²) in [5, 5.41) is 8.28. The maximum absolute atomic E-state index is 14.3. The number of H-pyrrole nitrogens is 1. The molecule has 0 saturated carbocycles. The van der Waals surface area contributed by atoms with Gasteiger partial charge in [-0.15, -0.1) is 0 Å². The summed E-state index contributed by atoms with van der Waals surface area (Å²) in [5.41, 5.74) is -3.33. The number of ether oxygens (including phenoxy) is 1. The van der Waals surface area contributed by atoms with Gasteiger partial charge in [0.25, 0.3) is 11.1 Å². The van der Waals surface area contributed by atoms with Crippen molar-refractivity contribution in [1.82, 2.24) is 19.5 Å². The topological polar surface area (TPSA) is 114 Å². The number of halogens is 6. The Balaban J connectivity index is 2.22. The van der Waals surface area contributed by atoms with Gasteiger partial charge in [-0.3, -0.25) is 14.2 Å². The molecular formula is C20H13Cl2F4N5O3. The van der Waals surface area contributed by atoms with Gasteiger partial charge < -0.3 is 9.72 Å². The highest BCUT2D eigenvalue weighted by Crippen LogP contribution is 2.41. The molecule has 0 aliphatic rings. The SMILES string of the molecule is Cc1nc(C)c(Cn2cnc(C(F)(F)C(F)F)c(Oc3c(Cl)cc(C#N)cc3Cl)c2=O)c(=O)[nH]1. The number of aryl methyl sites for hydroxylation is 2. The number of hydrogen-bond donors (Lipinski definition) is 1. The quantitative estimate of drug-likeness (QED) is 0.487. The fraction of sp³-hybridized carbons (Fsp3) is 0.250. The number of rotatable bonds is 6. The predicted octanol–water partition coefficient (Wildman–Crippen LogP) is 4.32. The zero-order valence-corrected chi connectivity index (χ0v) is 18.8. The number of nitriles is 1. The molecule has 1 aromatic carbocycles. The molecule has 0 atom stereocenters. The maximum Gasteiger partial charge on any atom is 0.352 e. The van der Waals surface area contributed by atoms with Crippen molar-refractivity contribution in [3.63, 3.8) is 0 Å². The lowest BCUT2D eigenvalue weighted by Gasteiger charge is -2.19. The van der Waals surface area contributed by atoms with E-state index >= 15 is 0 Å². The highest BCUT2D eigenvalue weighted by molar-refractivity contribution is 6.37. The lowest BCUT2D eigenvalue weighted by Crippen LogP contribution is -2.33. The summed E-state index contributed by atoms with van der Waals surface area (Å²) in [4.78, 5) is 35.2. The third kappa shape index (κ3) is 4.76. The van der Waals surface area contributed by atoms with Gasteiger partial charge in [-0.25, -0.2) is 18.7 Å². The largest absolute Gasteiger partial charge is 0.446 e. The molecule has 8 nitrogen and oxygen atoms in total. The van der Waals surface area contributed by atoms with E-state index in [-0.39, 0.29) is 26.9 Å². The van der Waals surface area contributed by atoms with Crippen LogP contribution in [0.4, 0.5) is 17.6 Å². The van der Waals surface area contributed by atoms with Gasteiger partial charge in [0.15, 0.2) is 11.4 Å². The zero-order chi connectivity index (χ0) is 25.4. The van der Waals surface area contributed by atoms with Gasteiger partial charge in [0, 0.05) is 5.69 Å². The van der Waals surface area contributed by atoms with Gasteiger partial charge in [0.2, 0.25) is 5.75 Å². The van der Waals surface area contributed by atoms with E-state index in [0.717, 1.165) is 12.1 Å². The fourth-order valence-corrected chi connectivity index (χ4v) is 3.51. The lowest BCUT2D eigenvalue weighted by atomic mass is 10.2. The van der Waals surface area contributed by atoms with Gasteiger partial charge in [0.05, 0.1) is 40.1 Å². The number of nitrogens with zero attached hydrogens (tertiary/aromatic N) is 4. The second-order valence-corrected chi connectivity index (χ2v) is 7.79. The van der Waals surface area contributed by atoms with Crippen LogP contribution in [0.25, 0.3) is 0 Å². The van der Waals surface area contributed by atoms with Crippen LogP contribution in [0.1, 0.15) is 28.3 Å². The number of nitrogens with one attached hydrogen (secondary N) is 1. The molecule has 0 unspecified atom stereocenters. The smallest absolute Gasteiger partial charge is 0.352 e. The van der Waals surface area contributed by atoms with Crippen molar-refractivity contribution in [2.45, 2.75) is 32.7 Å². The molecule has 3 aromatic rings. The van der Waals surface area contributed by atoms with Crippen LogP contribution in [-0.2, 0) is 12.5 Å². The Kier molecular flexibility index (Phi) is 6.99. The molecule has 2 heterocycles. The van der Waals surface area contributed by atoms with Crippen molar-refractivity contribution in [2.75, 3.05) is 0 Å². The summed E-state index contributed by atoms with van der Waals surface area (Å²) in [5.74, 6) is -6.39. The molecule has 0 bridgehead atoms. The molecule has 3 rings (SSSR count). The first-order chi connectivity index (χ1) is 15.9. The van der Waals surface area contributed by atoms with E-state index < -0.39 is 47.2 Å². The molecule has 0 spiro atoms. The van der Waals surface area contributed by atoms with Gasteiger partial charge in [-0.05, 0) is 26.0 Å². The average Bonchev–Trinajstić information content (AvgIpc) is 2.74. The van der Waals surface area contributed by atoms with Gasteiger partial charge in [-0.1, -0.05) is 23.2 Å². The van der Waals surface area contributed by atoms with Crippen LogP contribution in [0.2, 0.25) is 10.0 Å². The summed E-state index contributed by atoms with van der Waals surface area (Å²) >= 11 is 12.0. The van der Waals surface area contributed by atoms with Gasteiger partial charge in [0.1, 0.15) is 5.82 Å². The summed E-state index contributed by atoms with van der Waals surface area (Å²) in [7, 11) is 0. The highest BCUT2D eigenvalue weighted by Gasteiger charge is 2.48. The Labute approximate surface area is 198 Å². The monoisotopic (exact) mass is 517 g/mol. The molecule has 0 fully saturated rings. The molecule has 2 aromatic heterocycles. The van der Waals surface area contributed by atoms with Crippen molar-refractivity contribution in [2.24, 2.45) is 0 Å². The molecule has 0 amide bonds. The maximum atomic E-state index is 14.3. The molecular weight excluding hydrogens is 505 g/mol. The van der Waals surface area contributed by atoms with Crippen LogP contribution in [-0.4, -0.2) is 25.9 Å². The van der Waals surface area contributed by atoms with Crippen LogP contribution in [0, 0.1) is 25.2 Å². The minimum absolute atomic E-state index is 0.00302. The Morgan fingerprint density at radius 3 is 2.35 bits per heavy atom. The summed E-state index contributed by atoms with van der Waals surface area (Å²) in [6.45, 7) is 2.54. The first kappa shape index (κ1) is 25.2. The Morgan fingerprint density at radius 2 is 1.82 bits per heavy atom. The summed E-state index contributed by atoms with van der Waals surface area (Å²) < 4.78 is 60.6. The third-order valence-corrected chi connectivity index (χ3v) is 5.15. The minimum Gasteiger partial charge on any atom is -0.446 e. The predicted molar refractivity (Wildman–Crippen MR) is 113 cm³/mol. The van der Waals surface area contributed by atoms with E-state index in [0.29, 0.717) is 16.7 Å². The fourth-order valence-electron chi connectivity index (χ4n) is 2.95. The van der Waals surface area contributed by atoms with Crippen molar-refractivity contribution in [3.05, 3.63) is 77.6 Å². The second kappa shape index (κ2) is 9.44. The molecule has 1 N–H and O–H groups in total. The molecule has 0 saturated heterocycles. The van der Waals surface area contributed by atoms with Crippen LogP contribution < -0.4 is 15.9 Å². The van der Waals surface area contributed by atoms with Crippen LogP contribution in [0.5, 0.6) is 11.5 Å². The average molecular weight is 518 g/mol. The number of alkyl halides is 4. The van der Waals surface area contributed by atoms with E-state index in [9.17, 15) is 27.2 Å². The summed E-state index contributed by atoms with van der Waals surface area (Å²) in [6.07, 6.45) is -3.64. The number of benzene rings is 1. The normalized spacial score (nSPS) is 11.5. The first-order valence-electron chi connectivity index (χ1n) is 9.26. The Hall–Kier alpha value is -3.43. The van der Waals surface area contributed by atoms with Crippen molar-refractivity contribution < 1.29 is 22.3 Å². The molecule has 14 heteroatoms. The van der Waals surface area contributed by atoms with Crippen LogP contribution >= 0.6 is 23.2 Å². The molecule has 178 valence electrons. The van der Waals surface area contributed by atoms with Crippen LogP contribution in [0.3, 0.4) is 0 Å². The molecule has 34 heavy (non-hydrogen) atoms. The van der Waals surface area contributed by atoms with Crippen molar-refractivity contribution in [1.29, 1.82) is 5.26 Å². The first-order valence-corrected chi connectivity index (χ1v) is 10.0. The molecule has 0 aliphatic heterocycles. The van der Waals surface area contributed by atoms with Crippen LogP contribution in [0.15, 0.2) is 28.0 Å². The van der Waals surface area contributed by atoms with E-state index in [2.05, 4.69) is 15.0 Å². The summed E-state index contributed by atoms with van der Waals surface area (Å²) in [6, 6.07) is 3.90. The van der Waals surface area contributed by atoms with Crippen molar-refractivity contribution >= 4 is 23.2 Å². The van der Waals surface area contributed by atoms with E-state index in [1.165, 1.54) is 13.8 Å². The van der Waals surface area contributed by atoms with Gasteiger partial charge in [-0.2, -0.15) is 14.0 Å². The zero-order valence-electron chi connectivity index (χ0n) is 17.3. The van der Waals surface area contributed by atoms with Crippen molar-refractivity contribution in [3.8, 4) is 17.6 Å². The third-order valence-electron chi connectivity index (χ3n) is 4.59. The number of hydrogen-bond acceptors (Lipinski definition) is 6. The lowest BCUT2D eigenvalue weighted by molar-refractivity contribution is -0.139. The number of aromatic nitrogens is 4. The van der Waals surface area contributed by atoms with Gasteiger partial charge >= 0.3 is 12.3 Å². The standard InChI is InChI=1S/C20H13Cl2F4N5O3/c1-8-11(17(32)30-9(2)29-8)6-31-7-28-16(20(25,26)19(23)24)15(18(31)33)34-14-12(21)3-10(5-27)4-13(14)22/h3-4,7,19H,6H2,1-2H3,(H,29,30,32).